The van der Waals surface area contributed by atoms with Crippen molar-refractivity contribution >= 4 is 18.0 Å². The molecule has 5 nitrogen and oxygen atoms in total. The van der Waals surface area contributed by atoms with E-state index in [0.29, 0.717) is 25.7 Å². The van der Waals surface area contributed by atoms with E-state index in [9.17, 15) is 19.5 Å². The van der Waals surface area contributed by atoms with Gasteiger partial charge in [0.05, 0.1) is 6.10 Å². The molecule has 0 saturated heterocycles. The Bertz CT molecular complexity index is 453. The van der Waals surface area contributed by atoms with E-state index in [-0.39, 0.29) is 12.2 Å². The normalized spacial score (nSPS) is 15.3. The van der Waals surface area contributed by atoms with Crippen LogP contribution in [0.3, 0.4) is 0 Å². The quantitative estimate of drug-likeness (QED) is 0.266. The topological polar surface area (TPSA) is 91.7 Å². The SMILES string of the molecule is CCCCC[C@@H](O)/C=C/[C@H](C=O)[C@@H](C/C=C\CCCC(=O)O)C(C)=O. The minimum absolute atomic E-state index is 0.0718. The molecule has 0 saturated carbocycles. The van der Waals surface area contributed by atoms with Gasteiger partial charge in [-0.2, -0.15) is 0 Å². The van der Waals surface area contributed by atoms with Crippen LogP contribution < -0.4 is 0 Å². The van der Waals surface area contributed by atoms with E-state index in [2.05, 4.69) is 6.92 Å². The average Bonchev–Trinajstić information content (AvgIpc) is 2.55. The Morgan fingerprint density at radius 1 is 1.08 bits per heavy atom. The smallest absolute Gasteiger partial charge is 0.303 e. The van der Waals surface area contributed by atoms with Gasteiger partial charge >= 0.3 is 5.97 Å². The molecule has 2 N–H and O–H groups in total. The number of Topliss-reactive ketones (excluding diaryl/α,β-unsaturated/α-hetero) is 1. The van der Waals surface area contributed by atoms with Crippen LogP contribution in [0.15, 0.2) is 24.3 Å². The number of hydrogen-bond donors (Lipinski definition) is 2. The lowest BCUT2D eigenvalue weighted by Gasteiger charge is -2.16. The zero-order chi connectivity index (χ0) is 19.1. The maximum Gasteiger partial charge on any atom is 0.303 e. The summed E-state index contributed by atoms with van der Waals surface area (Å²) in [5.74, 6) is -1.90. The Kier molecular flexibility index (Phi) is 13.6. The molecule has 0 aromatic rings. The Labute approximate surface area is 150 Å². The number of aliphatic hydroxyl groups excluding tert-OH is 1. The van der Waals surface area contributed by atoms with E-state index in [1.807, 2.05) is 12.2 Å². The van der Waals surface area contributed by atoms with Crippen LogP contribution in [0.5, 0.6) is 0 Å². The summed E-state index contributed by atoms with van der Waals surface area (Å²) in [4.78, 5) is 33.6. The van der Waals surface area contributed by atoms with Crippen LogP contribution in [0.1, 0.15) is 65.2 Å². The maximum absolute atomic E-state index is 11.8. The summed E-state index contributed by atoms with van der Waals surface area (Å²) in [6.07, 6.45) is 12.6. The number of ketones is 1. The molecular weight excluding hydrogens is 320 g/mol. The zero-order valence-corrected chi connectivity index (χ0v) is 15.4. The number of allylic oxidation sites excluding steroid dienone is 3. The molecule has 0 aromatic carbocycles. The molecule has 0 aliphatic heterocycles. The number of hydrogen-bond acceptors (Lipinski definition) is 4. The molecule has 0 heterocycles. The first-order valence-electron chi connectivity index (χ1n) is 9.11. The van der Waals surface area contributed by atoms with Gasteiger partial charge in [0.25, 0.3) is 0 Å². The predicted molar refractivity (Wildman–Crippen MR) is 98.3 cm³/mol. The van der Waals surface area contributed by atoms with Crippen LogP contribution in [0.25, 0.3) is 0 Å². The standard InChI is InChI=1S/C20H32O5/c1-3-4-7-10-18(23)14-13-17(15-21)19(16(2)22)11-8-5-6-9-12-20(24)25/h5,8,13-15,17-19,23H,3-4,6-7,9-12H2,1-2H3,(H,24,25)/b8-5-,14-13+/t17-,18-,19+/m1/s1. The first-order chi connectivity index (χ1) is 11.9. The second-order valence-corrected chi connectivity index (χ2v) is 6.37. The number of aliphatic hydroxyl groups is 1. The number of unbranched alkanes of at least 4 members (excludes halogenated alkanes) is 3. The van der Waals surface area contributed by atoms with Crippen LogP contribution in [0.4, 0.5) is 0 Å². The predicted octanol–water partition coefficient (Wildman–Crippen LogP) is 3.71. The van der Waals surface area contributed by atoms with Crippen LogP contribution >= 0.6 is 0 Å². The molecule has 0 aliphatic rings. The van der Waals surface area contributed by atoms with Gasteiger partial charge in [-0.05, 0) is 32.6 Å². The van der Waals surface area contributed by atoms with Crippen LogP contribution in [-0.4, -0.2) is 34.4 Å². The fourth-order valence-corrected chi connectivity index (χ4v) is 2.56. The third-order valence-electron chi connectivity index (χ3n) is 4.12. The van der Waals surface area contributed by atoms with Gasteiger partial charge in [-0.3, -0.25) is 9.59 Å². The molecule has 0 unspecified atom stereocenters. The number of carbonyl (C=O) groups excluding carboxylic acids is 2. The number of aldehydes is 1. The summed E-state index contributed by atoms with van der Waals surface area (Å²) in [6, 6.07) is 0. The number of carboxylic acids is 1. The molecule has 5 heteroatoms. The monoisotopic (exact) mass is 352 g/mol. The van der Waals surface area contributed by atoms with E-state index in [4.69, 9.17) is 5.11 Å². The van der Waals surface area contributed by atoms with Crippen LogP contribution in [0, 0.1) is 11.8 Å². The van der Waals surface area contributed by atoms with Gasteiger partial charge < -0.3 is 15.0 Å². The third-order valence-corrected chi connectivity index (χ3v) is 4.12. The summed E-state index contributed by atoms with van der Waals surface area (Å²) >= 11 is 0. The highest BCUT2D eigenvalue weighted by molar-refractivity contribution is 5.82. The first kappa shape index (κ1) is 23.2. The fraction of sp³-hybridized carbons (Fsp3) is 0.650. The highest BCUT2D eigenvalue weighted by Crippen LogP contribution is 2.19. The summed E-state index contributed by atoms with van der Waals surface area (Å²) < 4.78 is 0. The van der Waals surface area contributed by atoms with Crippen LogP contribution in [-0.2, 0) is 14.4 Å². The highest BCUT2D eigenvalue weighted by atomic mass is 16.4. The van der Waals surface area contributed by atoms with Gasteiger partial charge in [-0.1, -0.05) is 50.5 Å². The molecule has 0 amide bonds. The highest BCUT2D eigenvalue weighted by Gasteiger charge is 2.22. The van der Waals surface area contributed by atoms with Crippen molar-refractivity contribution in [1.29, 1.82) is 0 Å². The van der Waals surface area contributed by atoms with Crippen molar-refractivity contribution in [2.45, 2.75) is 71.3 Å². The van der Waals surface area contributed by atoms with Crippen molar-refractivity contribution in [3.05, 3.63) is 24.3 Å². The molecular formula is C20H32O5. The van der Waals surface area contributed by atoms with Crippen molar-refractivity contribution in [3.8, 4) is 0 Å². The van der Waals surface area contributed by atoms with Crippen molar-refractivity contribution in [1.82, 2.24) is 0 Å². The minimum atomic E-state index is -0.821. The number of aliphatic carboxylic acids is 1. The molecule has 0 aromatic heterocycles. The summed E-state index contributed by atoms with van der Waals surface area (Å²) in [6.45, 7) is 3.56. The first-order valence-corrected chi connectivity index (χ1v) is 9.11. The Morgan fingerprint density at radius 3 is 2.36 bits per heavy atom. The number of rotatable bonds is 15. The lowest BCUT2D eigenvalue weighted by atomic mass is 9.86. The van der Waals surface area contributed by atoms with E-state index in [1.165, 1.54) is 6.92 Å². The van der Waals surface area contributed by atoms with Crippen molar-refractivity contribution in [3.63, 3.8) is 0 Å². The zero-order valence-electron chi connectivity index (χ0n) is 15.4. The molecule has 0 fully saturated rings. The molecule has 3 atom stereocenters. The van der Waals surface area contributed by atoms with Gasteiger partial charge in [0.2, 0.25) is 0 Å². The molecule has 142 valence electrons. The second-order valence-electron chi connectivity index (χ2n) is 6.37. The van der Waals surface area contributed by atoms with Gasteiger partial charge in [0.15, 0.2) is 0 Å². The van der Waals surface area contributed by atoms with Gasteiger partial charge in [0, 0.05) is 18.3 Å². The summed E-state index contributed by atoms with van der Waals surface area (Å²) in [5.41, 5.74) is 0. The third kappa shape index (κ3) is 12.3. The fourth-order valence-electron chi connectivity index (χ4n) is 2.56. The van der Waals surface area contributed by atoms with E-state index < -0.39 is 23.9 Å². The van der Waals surface area contributed by atoms with Gasteiger partial charge in [-0.15, -0.1) is 0 Å². The summed E-state index contributed by atoms with van der Waals surface area (Å²) in [5, 5.41) is 18.5. The summed E-state index contributed by atoms with van der Waals surface area (Å²) in [7, 11) is 0. The van der Waals surface area contributed by atoms with E-state index in [0.717, 1.165) is 25.5 Å². The lowest BCUT2D eigenvalue weighted by Crippen LogP contribution is -2.21. The van der Waals surface area contributed by atoms with Gasteiger partial charge in [-0.25, -0.2) is 0 Å². The second kappa shape index (κ2) is 14.6. The molecule has 0 aliphatic carbocycles. The molecule has 0 spiro atoms. The molecule has 0 rings (SSSR count). The van der Waals surface area contributed by atoms with E-state index >= 15 is 0 Å². The molecule has 0 bridgehead atoms. The maximum atomic E-state index is 11.8. The Hall–Kier alpha value is -1.75. The minimum Gasteiger partial charge on any atom is -0.481 e. The molecule has 25 heavy (non-hydrogen) atoms. The van der Waals surface area contributed by atoms with Crippen LogP contribution in [0.2, 0.25) is 0 Å². The van der Waals surface area contributed by atoms with E-state index in [1.54, 1.807) is 12.2 Å². The number of carbonyl (C=O) groups is 3. The van der Waals surface area contributed by atoms with Crippen molar-refractivity contribution in [2.75, 3.05) is 0 Å². The lowest BCUT2D eigenvalue weighted by molar-refractivity contribution is -0.137. The largest absolute Gasteiger partial charge is 0.481 e. The van der Waals surface area contributed by atoms with Gasteiger partial charge in [0.1, 0.15) is 12.1 Å². The number of carboxylic acid groups (broad SMARTS) is 1. The molecule has 0 radical (unpaired) electrons. The Balaban J connectivity index is 4.53. The van der Waals surface area contributed by atoms with Crippen molar-refractivity contribution in [2.24, 2.45) is 11.8 Å². The van der Waals surface area contributed by atoms with Crippen molar-refractivity contribution < 1.29 is 24.6 Å². The average molecular weight is 352 g/mol. The Morgan fingerprint density at radius 2 is 1.80 bits per heavy atom.